The van der Waals surface area contributed by atoms with Gasteiger partial charge in [-0.1, -0.05) is 60.2 Å². The van der Waals surface area contributed by atoms with Gasteiger partial charge in [-0.3, -0.25) is 0 Å². The monoisotopic (exact) mass is 198 g/mol. The van der Waals surface area contributed by atoms with Gasteiger partial charge in [-0.2, -0.15) is 0 Å². The van der Waals surface area contributed by atoms with E-state index in [2.05, 4.69) is 56.8 Å². The van der Waals surface area contributed by atoms with E-state index in [1.54, 1.807) is 0 Å². The van der Waals surface area contributed by atoms with Gasteiger partial charge in [0.2, 0.25) is 0 Å². The van der Waals surface area contributed by atoms with Gasteiger partial charge in [0.05, 0.1) is 0 Å². The smallest absolute Gasteiger partial charge is 0.0227 e. The standard InChI is InChI=1S/C15H18/c1-5-12(2)6-9-14(4)15-10-7-13(3)8-11-15/h5-11H,1H2,2-4H3. The zero-order valence-corrected chi connectivity index (χ0v) is 9.75. The quantitative estimate of drug-likeness (QED) is 0.626. The van der Waals surface area contributed by atoms with Gasteiger partial charge >= 0.3 is 0 Å². The van der Waals surface area contributed by atoms with Crippen LogP contribution in [0.4, 0.5) is 0 Å². The summed E-state index contributed by atoms with van der Waals surface area (Å²) in [6.45, 7) is 10.00. The van der Waals surface area contributed by atoms with Crippen molar-refractivity contribution < 1.29 is 0 Å². The van der Waals surface area contributed by atoms with E-state index in [9.17, 15) is 0 Å². The first-order valence-corrected chi connectivity index (χ1v) is 5.18. The highest BCUT2D eigenvalue weighted by Gasteiger charge is 1.93. The zero-order chi connectivity index (χ0) is 11.3. The zero-order valence-electron chi connectivity index (χ0n) is 9.75. The molecule has 0 spiro atoms. The van der Waals surface area contributed by atoms with Crippen molar-refractivity contribution in [3.8, 4) is 0 Å². The fraction of sp³-hybridized carbons (Fsp3) is 0.200. The van der Waals surface area contributed by atoms with Crippen molar-refractivity contribution >= 4 is 5.57 Å². The molecule has 78 valence electrons. The Balaban J connectivity index is 2.89. The Morgan fingerprint density at radius 3 is 2.20 bits per heavy atom. The molecule has 0 heteroatoms. The third-order valence-corrected chi connectivity index (χ3v) is 2.43. The van der Waals surface area contributed by atoms with Crippen molar-refractivity contribution in [1.29, 1.82) is 0 Å². The van der Waals surface area contributed by atoms with E-state index in [1.165, 1.54) is 22.3 Å². The average molecular weight is 198 g/mol. The largest absolute Gasteiger partial charge is 0.0988 e. The summed E-state index contributed by atoms with van der Waals surface area (Å²) >= 11 is 0. The SMILES string of the molecule is C=CC(C)=CC=C(C)c1ccc(C)cc1. The van der Waals surface area contributed by atoms with Crippen LogP contribution in [-0.4, -0.2) is 0 Å². The van der Waals surface area contributed by atoms with E-state index in [4.69, 9.17) is 0 Å². The summed E-state index contributed by atoms with van der Waals surface area (Å²) in [6, 6.07) is 8.57. The molecule has 15 heavy (non-hydrogen) atoms. The van der Waals surface area contributed by atoms with Crippen molar-refractivity contribution in [1.82, 2.24) is 0 Å². The van der Waals surface area contributed by atoms with Crippen LogP contribution >= 0.6 is 0 Å². The number of allylic oxidation sites excluding steroid dienone is 5. The van der Waals surface area contributed by atoms with Crippen LogP contribution < -0.4 is 0 Å². The molecule has 1 aromatic rings. The molecule has 0 aromatic heterocycles. The Labute approximate surface area is 92.6 Å². The molecule has 1 rings (SSSR count). The summed E-state index contributed by atoms with van der Waals surface area (Å²) in [5.41, 5.74) is 5.02. The first-order chi connectivity index (χ1) is 7.13. The predicted octanol–water partition coefficient (Wildman–Crippen LogP) is 4.53. The summed E-state index contributed by atoms with van der Waals surface area (Å²) in [6.07, 6.45) is 6.07. The first kappa shape index (κ1) is 11.5. The van der Waals surface area contributed by atoms with E-state index < -0.39 is 0 Å². The van der Waals surface area contributed by atoms with Crippen LogP contribution in [-0.2, 0) is 0 Å². The van der Waals surface area contributed by atoms with Crippen LogP contribution in [0.5, 0.6) is 0 Å². The normalized spacial score (nSPS) is 12.7. The maximum absolute atomic E-state index is 3.73. The molecule has 0 atom stereocenters. The van der Waals surface area contributed by atoms with Crippen molar-refractivity contribution in [3.63, 3.8) is 0 Å². The van der Waals surface area contributed by atoms with Gasteiger partial charge in [0.15, 0.2) is 0 Å². The highest BCUT2D eigenvalue weighted by Crippen LogP contribution is 2.14. The van der Waals surface area contributed by atoms with Crippen LogP contribution in [0.3, 0.4) is 0 Å². The topological polar surface area (TPSA) is 0 Å². The first-order valence-electron chi connectivity index (χ1n) is 5.18. The fourth-order valence-electron chi connectivity index (χ4n) is 1.24. The molecule has 0 aliphatic rings. The van der Waals surface area contributed by atoms with Gasteiger partial charge in [-0.15, -0.1) is 0 Å². The van der Waals surface area contributed by atoms with Crippen LogP contribution in [0.15, 0.2) is 54.6 Å². The van der Waals surface area contributed by atoms with Gasteiger partial charge in [0.1, 0.15) is 0 Å². The van der Waals surface area contributed by atoms with Gasteiger partial charge in [-0.05, 0) is 31.9 Å². The second-order valence-corrected chi connectivity index (χ2v) is 3.83. The second kappa shape index (κ2) is 5.35. The fourth-order valence-corrected chi connectivity index (χ4v) is 1.24. The minimum atomic E-state index is 1.18. The lowest BCUT2D eigenvalue weighted by Gasteiger charge is -2.01. The summed E-state index contributed by atoms with van der Waals surface area (Å²) in [5, 5.41) is 0. The maximum Gasteiger partial charge on any atom is -0.0227 e. The lowest BCUT2D eigenvalue weighted by Crippen LogP contribution is -1.79. The molecule has 0 unspecified atom stereocenters. The van der Waals surface area contributed by atoms with E-state index in [-0.39, 0.29) is 0 Å². The minimum absolute atomic E-state index is 1.18. The third-order valence-electron chi connectivity index (χ3n) is 2.43. The Bertz CT molecular complexity index is 389. The maximum atomic E-state index is 3.73. The Hall–Kier alpha value is -1.56. The molecule has 0 nitrogen and oxygen atoms in total. The molecule has 0 amide bonds. The highest BCUT2D eigenvalue weighted by molar-refractivity contribution is 5.65. The lowest BCUT2D eigenvalue weighted by atomic mass is 10.1. The molecular formula is C15H18. The van der Waals surface area contributed by atoms with Gasteiger partial charge in [-0.25, -0.2) is 0 Å². The molecule has 0 heterocycles. The molecule has 0 bridgehead atoms. The van der Waals surface area contributed by atoms with Crippen molar-refractivity contribution in [2.45, 2.75) is 20.8 Å². The molecule has 0 N–H and O–H groups in total. The van der Waals surface area contributed by atoms with Crippen molar-refractivity contribution in [2.24, 2.45) is 0 Å². The van der Waals surface area contributed by atoms with Gasteiger partial charge < -0.3 is 0 Å². The summed E-state index contributed by atoms with van der Waals surface area (Å²) in [7, 11) is 0. The molecule has 0 aliphatic carbocycles. The molecule has 0 saturated carbocycles. The summed E-state index contributed by atoms with van der Waals surface area (Å²) in [4.78, 5) is 0. The van der Waals surface area contributed by atoms with E-state index >= 15 is 0 Å². The Morgan fingerprint density at radius 1 is 1.07 bits per heavy atom. The molecule has 1 aromatic carbocycles. The summed E-state index contributed by atoms with van der Waals surface area (Å²) < 4.78 is 0. The van der Waals surface area contributed by atoms with E-state index in [1.807, 2.05) is 13.0 Å². The number of hydrogen-bond acceptors (Lipinski definition) is 0. The average Bonchev–Trinajstić information content (AvgIpc) is 2.26. The van der Waals surface area contributed by atoms with Gasteiger partial charge in [0, 0.05) is 0 Å². The number of rotatable bonds is 3. The number of benzene rings is 1. The molecule has 0 radical (unpaired) electrons. The summed E-state index contributed by atoms with van der Waals surface area (Å²) in [5.74, 6) is 0. The lowest BCUT2D eigenvalue weighted by molar-refractivity contribution is 1.44. The van der Waals surface area contributed by atoms with Crippen LogP contribution in [0, 0.1) is 6.92 Å². The number of aryl methyl sites for hydroxylation is 1. The Kier molecular flexibility index (Phi) is 4.11. The minimum Gasteiger partial charge on any atom is -0.0988 e. The van der Waals surface area contributed by atoms with E-state index in [0.29, 0.717) is 0 Å². The second-order valence-electron chi connectivity index (χ2n) is 3.83. The predicted molar refractivity (Wildman–Crippen MR) is 68.8 cm³/mol. The number of hydrogen-bond donors (Lipinski definition) is 0. The highest BCUT2D eigenvalue weighted by atomic mass is 14.0. The van der Waals surface area contributed by atoms with Crippen molar-refractivity contribution in [3.05, 3.63) is 65.8 Å². The molecule has 0 aliphatic heterocycles. The van der Waals surface area contributed by atoms with E-state index in [0.717, 1.165) is 0 Å². The van der Waals surface area contributed by atoms with Crippen LogP contribution in [0.1, 0.15) is 25.0 Å². The molecule has 0 fully saturated rings. The Morgan fingerprint density at radius 2 is 1.67 bits per heavy atom. The van der Waals surface area contributed by atoms with Gasteiger partial charge in [0.25, 0.3) is 0 Å². The third kappa shape index (κ3) is 3.59. The molecule has 0 saturated heterocycles. The van der Waals surface area contributed by atoms with Crippen LogP contribution in [0.25, 0.3) is 5.57 Å². The molecular weight excluding hydrogens is 180 g/mol. The van der Waals surface area contributed by atoms with Crippen LogP contribution in [0.2, 0.25) is 0 Å². The van der Waals surface area contributed by atoms with Crippen molar-refractivity contribution in [2.75, 3.05) is 0 Å².